The number of carbonyl (C=O) groups is 2. The standard InChI is InChI=1S/C16H20N2O3/c19-14(10-16(15(20)21)6-1-2-7-16)18-9-5-13-12(11-18)4-3-8-17-13/h3-4,8H,1-2,5-7,9-11H2,(H,20,21). The van der Waals surface area contributed by atoms with Crippen molar-refractivity contribution in [2.24, 2.45) is 5.41 Å². The largest absolute Gasteiger partial charge is 0.481 e. The van der Waals surface area contributed by atoms with Crippen LogP contribution in [0.4, 0.5) is 0 Å². The van der Waals surface area contributed by atoms with Crippen molar-refractivity contribution in [1.82, 2.24) is 9.88 Å². The average Bonchev–Trinajstić information content (AvgIpc) is 2.96. The molecule has 3 rings (SSSR count). The van der Waals surface area contributed by atoms with Gasteiger partial charge in [0.1, 0.15) is 0 Å². The van der Waals surface area contributed by atoms with Gasteiger partial charge in [0, 0.05) is 37.8 Å². The Labute approximate surface area is 124 Å². The van der Waals surface area contributed by atoms with Crippen LogP contribution in [0.2, 0.25) is 0 Å². The van der Waals surface area contributed by atoms with Gasteiger partial charge in [-0.05, 0) is 24.5 Å². The van der Waals surface area contributed by atoms with E-state index in [1.54, 1.807) is 11.1 Å². The zero-order valence-corrected chi connectivity index (χ0v) is 12.0. The van der Waals surface area contributed by atoms with Gasteiger partial charge in [-0.15, -0.1) is 0 Å². The topological polar surface area (TPSA) is 70.5 Å². The van der Waals surface area contributed by atoms with Crippen molar-refractivity contribution in [1.29, 1.82) is 0 Å². The number of hydrogen-bond donors (Lipinski definition) is 1. The second kappa shape index (κ2) is 5.47. The van der Waals surface area contributed by atoms with E-state index >= 15 is 0 Å². The van der Waals surface area contributed by atoms with E-state index in [2.05, 4.69) is 4.98 Å². The Kier molecular flexibility index (Phi) is 3.66. The van der Waals surface area contributed by atoms with Gasteiger partial charge in [-0.3, -0.25) is 14.6 Å². The normalized spacial score (nSPS) is 20.1. The number of fused-ring (bicyclic) bond motifs is 1. The molecule has 1 aliphatic carbocycles. The second-order valence-corrected chi connectivity index (χ2v) is 6.14. The third-order valence-electron chi connectivity index (χ3n) is 4.82. The first-order valence-corrected chi connectivity index (χ1v) is 7.55. The number of amides is 1. The molecule has 0 atom stereocenters. The molecule has 112 valence electrons. The molecule has 5 nitrogen and oxygen atoms in total. The molecular weight excluding hydrogens is 268 g/mol. The van der Waals surface area contributed by atoms with Crippen LogP contribution in [0.5, 0.6) is 0 Å². The summed E-state index contributed by atoms with van der Waals surface area (Å²) in [6.07, 6.45) is 5.73. The third-order valence-corrected chi connectivity index (χ3v) is 4.82. The Morgan fingerprint density at radius 2 is 2.10 bits per heavy atom. The Morgan fingerprint density at radius 1 is 1.33 bits per heavy atom. The molecule has 1 N–H and O–H groups in total. The minimum absolute atomic E-state index is 0.0335. The van der Waals surface area contributed by atoms with Crippen LogP contribution >= 0.6 is 0 Å². The number of rotatable bonds is 3. The molecule has 5 heteroatoms. The van der Waals surface area contributed by atoms with E-state index in [9.17, 15) is 14.7 Å². The minimum atomic E-state index is -0.827. The Hall–Kier alpha value is -1.91. The lowest BCUT2D eigenvalue weighted by Gasteiger charge is -2.31. The first-order chi connectivity index (χ1) is 10.1. The SMILES string of the molecule is O=C(CC1(C(=O)O)CCCC1)N1CCc2ncccc2C1. The summed E-state index contributed by atoms with van der Waals surface area (Å²) in [6, 6.07) is 3.87. The van der Waals surface area contributed by atoms with E-state index < -0.39 is 11.4 Å². The number of carboxylic acids is 1. The van der Waals surface area contributed by atoms with Gasteiger partial charge in [-0.2, -0.15) is 0 Å². The van der Waals surface area contributed by atoms with E-state index in [1.165, 1.54) is 0 Å². The number of carboxylic acid groups (broad SMARTS) is 1. The molecular formula is C16H20N2O3. The molecule has 1 aliphatic heterocycles. The summed E-state index contributed by atoms with van der Waals surface area (Å²) in [5, 5.41) is 9.49. The summed E-state index contributed by atoms with van der Waals surface area (Å²) in [6.45, 7) is 1.19. The number of aliphatic carboxylic acids is 1. The summed E-state index contributed by atoms with van der Waals surface area (Å²) >= 11 is 0. The van der Waals surface area contributed by atoms with Crippen LogP contribution < -0.4 is 0 Å². The van der Waals surface area contributed by atoms with Crippen molar-refractivity contribution in [3.05, 3.63) is 29.6 Å². The fourth-order valence-corrected chi connectivity index (χ4v) is 3.50. The van der Waals surface area contributed by atoms with Crippen molar-refractivity contribution < 1.29 is 14.7 Å². The molecule has 0 spiro atoms. The van der Waals surface area contributed by atoms with E-state index in [-0.39, 0.29) is 12.3 Å². The van der Waals surface area contributed by atoms with Crippen LogP contribution in [0, 0.1) is 5.41 Å². The van der Waals surface area contributed by atoms with Crippen molar-refractivity contribution >= 4 is 11.9 Å². The number of aromatic nitrogens is 1. The van der Waals surface area contributed by atoms with E-state index in [0.29, 0.717) is 25.9 Å². The summed E-state index contributed by atoms with van der Waals surface area (Å²) in [5.74, 6) is -0.846. The second-order valence-electron chi connectivity index (χ2n) is 6.14. The van der Waals surface area contributed by atoms with Gasteiger partial charge < -0.3 is 10.0 Å². The Balaban J connectivity index is 1.71. The lowest BCUT2D eigenvalue weighted by Crippen LogP contribution is -2.41. The maximum atomic E-state index is 12.5. The summed E-state index contributed by atoms with van der Waals surface area (Å²) in [7, 11) is 0. The van der Waals surface area contributed by atoms with E-state index in [4.69, 9.17) is 0 Å². The highest BCUT2D eigenvalue weighted by molar-refractivity contribution is 5.85. The zero-order valence-electron chi connectivity index (χ0n) is 12.0. The van der Waals surface area contributed by atoms with E-state index in [1.807, 2.05) is 12.1 Å². The summed E-state index contributed by atoms with van der Waals surface area (Å²) in [5.41, 5.74) is 1.30. The lowest BCUT2D eigenvalue weighted by atomic mass is 9.82. The molecule has 1 amide bonds. The average molecular weight is 288 g/mol. The first-order valence-electron chi connectivity index (χ1n) is 7.55. The Bertz CT molecular complexity index is 564. The first kappa shape index (κ1) is 14.0. The zero-order chi connectivity index (χ0) is 14.9. The molecule has 0 bridgehead atoms. The van der Waals surface area contributed by atoms with E-state index in [0.717, 1.165) is 30.5 Å². The predicted octanol–water partition coefficient (Wildman–Crippen LogP) is 2.00. The van der Waals surface area contributed by atoms with Gasteiger partial charge in [0.15, 0.2) is 0 Å². The minimum Gasteiger partial charge on any atom is -0.481 e. The molecule has 1 saturated carbocycles. The fraction of sp³-hybridized carbons (Fsp3) is 0.562. The van der Waals surface area contributed by atoms with Crippen LogP contribution in [-0.4, -0.2) is 33.4 Å². The molecule has 0 unspecified atom stereocenters. The Morgan fingerprint density at radius 3 is 2.81 bits per heavy atom. The quantitative estimate of drug-likeness (QED) is 0.923. The molecule has 1 aromatic rings. The molecule has 2 aliphatic rings. The summed E-state index contributed by atoms with van der Waals surface area (Å²) < 4.78 is 0. The van der Waals surface area contributed by atoms with Crippen LogP contribution in [0.15, 0.2) is 18.3 Å². The van der Waals surface area contributed by atoms with Crippen molar-refractivity contribution in [2.75, 3.05) is 6.54 Å². The molecule has 0 aromatic carbocycles. The lowest BCUT2D eigenvalue weighted by molar-refractivity contribution is -0.153. The highest BCUT2D eigenvalue weighted by Gasteiger charge is 2.44. The molecule has 0 radical (unpaired) electrons. The highest BCUT2D eigenvalue weighted by Crippen LogP contribution is 2.42. The number of pyridine rings is 1. The number of hydrogen-bond acceptors (Lipinski definition) is 3. The van der Waals surface area contributed by atoms with Gasteiger partial charge in [-0.1, -0.05) is 18.9 Å². The van der Waals surface area contributed by atoms with Gasteiger partial charge in [0.25, 0.3) is 0 Å². The smallest absolute Gasteiger partial charge is 0.310 e. The molecule has 1 aromatic heterocycles. The van der Waals surface area contributed by atoms with Gasteiger partial charge >= 0.3 is 5.97 Å². The number of nitrogens with zero attached hydrogens (tertiary/aromatic N) is 2. The fourth-order valence-electron chi connectivity index (χ4n) is 3.50. The van der Waals surface area contributed by atoms with Crippen molar-refractivity contribution in [3.63, 3.8) is 0 Å². The number of carbonyl (C=O) groups excluding carboxylic acids is 1. The summed E-state index contributed by atoms with van der Waals surface area (Å²) in [4.78, 5) is 30.2. The predicted molar refractivity (Wildman–Crippen MR) is 76.5 cm³/mol. The third kappa shape index (κ3) is 2.64. The molecule has 0 saturated heterocycles. The maximum absolute atomic E-state index is 12.5. The van der Waals surface area contributed by atoms with Gasteiger partial charge in [0.2, 0.25) is 5.91 Å². The molecule has 21 heavy (non-hydrogen) atoms. The van der Waals surface area contributed by atoms with Crippen molar-refractivity contribution in [2.45, 2.75) is 45.1 Å². The van der Waals surface area contributed by atoms with Crippen LogP contribution in [0.25, 0.3) is 0 Å². The van der Waals surface area contributed by atoms with Gasteiger partial charge in [-0.25, -0.2) is 0 Å². The van der Waals surface area contributed by atoms with Crippen molar-refractivity contribution in [3.8, 4) is 0 Å². The monoisotopic (exact) mass is 288 g/mol. The molecule has 2 heterocycles. The maximum Gasteiger partial charge on any atom is 0.310 e. The van der Waals surface area contributed by atoms with Crippen LogP contribution in [-0.2, 0) is 22.6 Å². The highest BCUT2D eigenvalue weighted by atomic mass is 16.4. The van der Waals surface area contributed by atoms with Crippen LogP contribution in [0.1, 0.15) is 43.4 Å². The molecule has 1 fully saturated rings. The van der Waals surface area contributed by atoms with Gasteiger partial charge in [0.05, 0.1) is 5.41 Å². The van der Waals surface area contributed by atoms with Crippen LogP contribution in [0.3, 0.4) is 0 Å².